The second kappa shape index (κ2) is 11.1. The second-order valence-electron chi connectivity index (χ2n) is 6.71. The van der Waals surface area contributed by atoms with Crippen molar-refractivity contribution in [3.63, 3.8) is 0 Å². The van der Waals surface area contributed by atoms with E-state index in [1.54, 1.807) is 61.7 Å². The standard InChI is InChI=1S/C25H22ClFO4S/c1-29-20-12-22(30-2)21(23(13-20)31-3)14-24(25(28)17-6-8-18(26)9-7-17)32-15-16-4-10-19(27)11-5-16/h4-14H,15H2,1-3H3/b24-14+. The van der Waals surface area contributed by atoms with Gasteiger partial charge in [0.25, 0.3) is 0 Å². The highest BCUT2D eigenvalue weighted by Crippen LogP contribution is 2.38. The molecular weight excluding hydrogens is 451 g/mol. The highest BCUT2D eigenvalue weighted by molar-refractivity contribution is 8.03. The molecule has 3 aromatic rings. The number of methoxy groups -OCH3 is 3. The summed E-state index contributed by atoms with van der Waals surface area (Å²) in [7, 11) is 4.63. The number of ether oxygens (including phenoxy) is 3. The molecule has 0 N–H and O–H groups in total. The van der Waals surface area contributed by atoms with Gasteiger partial charge in [0.15, 0.2) is 5.78 Å². The Morgan fingerprint density at radius 3 is 2.06 bits per heavy atom. The van der Waals surface area contributed by atoms with E-state index >= 15 is 0 Å². The van der Waals surface area contributed by atoms with Crippen LogP contribution in [0, 0.1) is 5.82 Å². The highest BCUT2D eigenvalue weighted by atomic mass is 35.5. The minimum atomic E-state index is -0.306. The quantitative estimate of drug-likeness (QED) is 0.257. The summed E-state index contributed by atoms with van der Waals surface area (Å²) in [4.78, 5) is 13.8. The number of Topliss-reactive ketones (excluding diaryl/α,β-unsaturated/α-hetero) is 1. The van der Waals surface area contributed by atoms with Crippen LogP contribution in [0.25, 0.3) is 6.08 Å². The number of benzene rings is 3. The van der Waals surface area contributed by atoms with Crippen molar-refractivity contribution in [1.82, 2.24) is 0 Å². The summed E-state index contributed by atoms with van der Waals surface area (Å²) in [5, 5.41) is 0.546. The predicted octanol–water partition coefficient (Wildman–Crippen LogP) is 6.66. The van der Waals surface area contributed by atoms with Gasteiger partial charge >= 0.3 is 0 Å². The number of allylic oxidation sites excluding steroid dienone is 1. The normalized spacial score (nSPS) is 11.2. The summed E-state index contributed by atoms with van der Waals surface area (Å²) in [6.45, 7) is 0. The third-order valence-electron chi connectivity index (χ3n) is 4.67. The summed E-state index contributed by atoms with van der Waals surface area (Å²) in [5.41, 5.74) is 2.00. The Balaban J connectivity index is 2.04. The molecule has 0 aliphatic heterocycles. The van der Waals surface area contributed by atoms with Crippen LogP contribution in [-0.4, -0.2) is 27.1 Å². The van der Waals surface area contributed by atoms with Crippen LogP contribution in [0.15, 0.2) is 65.6 Å². The molecule has 0 saturated carbocycles. The van der Waals surface area contributed by atoms with Gasteiger partial charge in [-0.25, -0.2) is 4.39 Å². The van der Waals surface area contributed by atoms with Crippen molar-refractivity contribution in [2.75, 3.05) is 21.3 Å². The zero-order chi connectivity index (χ0) is 23.1. The van der Waals surface area contributed by atoms with E-state index in [9.17, 15) is 9.18 Å². The summed E-state index contributed by atoms with van der Waals surface area (Å²) in [5.74, 6) is 1.58. The second-order valence-corrected chi connectivity index (χ2v) is 8.16. The number of ketones is 1. The number of hydrogen-bond donors (Lipinski definition) is 0. The maximum Gasteiger partial charge on any atom is 0.199 e. The van der Waals surface area contributed by atoms with Crippen molar-refractivity contribution in [3.05, 3.63) is 93.1 Å². The third-order valence-corrected chi connectivity index (χ3v) is 6.01. The smallest absolute Gasteiger partial charge is 0.199 e. The van der Waals surface area contributed by atoms with Gasteiger partial charge in [-0.3, -0.25) is 4.79 Å². The lowest BCUT2D eigenvalue weighted by molar-refractivity contribution is 0.104. The Labute approximate surface area is 196 Å². The van der Waals surface area contributed by atoms with Crippen molar-refractivity contribution in [3.8, 4) is 17.2 Å². The molecule has 7 heteroatoms. The number of thioether (sulfide) groups is 1. The Kier molecular flexibility index (Phi) is 8.20. The van der Waals surface area contributed by atoms with E-state index in [1.807, 2.05) is 0 Å². The highest BCUT2D eigenvalue weighted by Gasteiger charge is 2.18. The Morgan fingerprint density at radius 2 is 1.53 bits per heavy atom. The van der Waals surface area contributed by atoms with E-state index < -0.39 is 0 Å². The SMILES string of the molecule is COc1cc(OC)c(/C=C(/SCc2ccc(F)cc2)C(=O)c2ccc(Cl)cc2)c(OC)c1. The lowest BCUT2D eigenvalue weighted by Gasteiger charge is -2.14. The molecule has 0 saturated heterocycles. The van der Waals surface area contributed by atoms with Crippen LogP contribution in [0.1, 0.15) is 21.5 Å². The van der Waals surface area contributed by atoms with Gasteiger partial charge < -0.3 is 14.2 Å². The number of carbonyl (C=O) groups is 1. The first-order chi connectivity index (χ1) is 15.4. The van der Waals surface area contributed by atoms with E-state index in [0.29, 0.717) is 44.1 Å². The first-order valence-corrected chi connectivity index (χ1v) is 11.0. The summed E-state index contributed by atoms with van der Waals surface area (Å²) >= 11 is 7.33. The molecule has 0 radical (unpaired) electrons. The zero-order valence-corrected chi connectivity index (χ0v) is 19.4. The maximum absolute atomic E-state index is 13.4. The van der Waals surface area contributed by atoms with Crippen LogP contribution >= 0.6 is 23.4 Å². The van der Waals surface area contributed by atoms with Crippen molar-refractivity contribution in [1.29, 1.82) is 0 Å². The molecule has 0 amide bonds. The van der Waals surface area contributed by atoms with Crippen LogP contribution in [0.2, 0.25) is 5.02 Å². The van der Waals surface area contributed by atoms with E-state index in [0.717, 1.165) is 5.56 Å². The van der Waals surface area contributed by atoms with Crippen molar-refractivity contribution < 1.29 is 23.4 Å². The summed E-state index contributed by atoms with van der Waals surface area (Å²) in [6, 6.07) is 16.3. The summed E-state index contributed by atoms with van der Waals surface area (Å²) in [6.07, 6.45) is 1.74. The van der Waals surface area contributed by atoms with Gasteiger partial charge in [-0.05, 0) is 48.0 Å². The molecule has 0 aliphatic rings. The Morgan fingerprint density at radius 1 is 0.938 bits per heavy atom. The molecule has 0 heterocycles. The molecule has 3 rings (SSSR count). The number of rotatable bonds is 9. The first-order valence-electron chi connectivity index (χ1n) is 9.64. The molecule has 0 fully saturated rings. The Hall–Kier alpha value is -2.96. The molecule has 166 valence electrons. The van der Waals surface area contributed by atoms with E-state index in [-0.39, 0.29) is 11.6 Å². The lowest BCUT2D eigenvalue weighted by Crippen LogP contribution is -2.02. The van der Waals surface area contributed by atoms with Gasteiger partial charge in [0, 0.05) is 28.5 Å². The molecule has 32 heavy (non-hydrogen) atoms. The average Bonchev–Trinajstić information content (AvgIpc) is 2.82. The summed E-state index contributed by atoms with van der Waals surface area (Å²) < 4.78 is 29.6. The fraction of sp³-hybridized carbons (Fsp3) is 0.160. The minimum Gasteiger partial charge on any atom is -0.496 e. The van der Waals surface area contributed by atoms with Gasteiger partial charge in [0.1, 0.15) is 23.1 Å². The van der Waals surface area contributed by atoms with Crippen molar-refractivity contribution in [2.24, 2.45) is 0 Å². The van der Waals surface area contributed by atoms with Crippen LogP contribution < -0.4 is 14.2 Å². The molecule has 0 bridgehead atoms. The van der Waals surface area contributed by atoms with Gasteiger partial charge in [0.05, 0.1) is 31.8 Å². The fourth-order valence-corrected chi connectivity index (χ4v) is 4.05. The number of hydrogen-bond acceptors (Lipinski definition) is 5. The van der Waals surface area contributed by atoms with Crippen LogP contribution in [0.4, 0.5) is 4.39 Å². The van der Waals surface area contributed by atoms with E-state index in [1.165, 1.54) is 38.1 Å². The Bertz CT molecular complexity index is 1090. The van der Waals surface area contributed by atoms with Crippen molar-refractivity contribution in [2.45, 2.75) is 5.75 Å². The van der Waals surface area contributed by atoms with Gasteiger partial charge in [0.2, 0.25) is 0 Å². The fourth-order valence-electron chi connectivity index (χ4n) is 2.96. The first kappa shape index (κ1) is 23.7. The predicted molar refractivity (Wildman–Crippen MR) is 128 cm³/mol. The van der Waals surface area contributed by atoms with Crippen LogP contribution in [0.3, 0.4) is 0 Å². The monoisotopic (exact) mass is 472 g/mol. The van der Waals surface area contributed by atoms with Crippen LogP contribution in [0.5, 0.6) is 17.2 Å². The zero-order valence-electron chi connectivity index (χ0n) is 17.9. The largest absolute Gasteiger partial charge is 0.496 e. The van der Waals surface area contributed by atoms with Gasteiger partial charge in [-0.15, -0.1) is 11.8 Å². The third kappa shape index (κ3) is 5.84. The molecule has 0 spiro atoms. The lowest BCUT2D eigenvalue weighted by atomic mass is 10.1. The van der Waals surface area contributed by atoms with Crippen molar-refractivity contribution >= 4 is 35.2 Å². The topological polar surface area (TPSA) is 44.8 Å². The number of carbonyl (C=O) groups excluding carboxylic acids is 1. The molecule has 0 aliphatic carbocycles. The molecule has 0 atom stereocenters. The maximum atomic E-state index is 13.4. The molecular formula is C25H22ClFO4S. The van der Waals surface area contributed by atoms with Gasteiger partial charge in [-0.2, -0.15) is 0 Å². The molecule has 4 nitrogen and oxygen atoms in total. The molecule has 0 unspecified atom stereocenters. The van der Waals surface area contributed by atoms with Gasteiger partial charge in [-0.1, -0.05) is 23.7 Å². The average molecular weight is 473 g/mol. The van der Waals surface area contributed by atoms with E-state index in [4.69, 9.17) is 25.8 Å². The molecule has 3 aromatic carbocycles. The van der Waals surface area contributed by atoms with E-state index in [2.05, 4.69) is 0 Å². The molecule has 0 aromatic heterocycles. The van der Waals surface area contributed by atoms with Crippen LogP contribution in [-0.2, 0) is 5.75 Å². The minimum absolute atomic E-state index is 0.172. The number of halogens is 2.